The van der Waals surface area contributed by atoms with E-state index in [1.54, 1.807) is 12.1 Å². The van der Waals surface area contributed by atoms with E-state index in [1.165, 1.54) is 6.07 Å². The second-order valence-corrected chi connectivity index (χ2v) is 8.55. The van der Waals surface area contributed by atoms with Gasteiger partial charge in [-0.2, -0.15) is 4.99 Å². The van der Waals surface area contributed by atoms with Crippen LogP contribution in [-0.2, 0) is 9.47 Å². The average Bonchev–Trinajstić information content (AvgIpc) is 2.89. The van der Waals surface area contributed by atoms with Crippen molar-refractivity contribution in [3.05, 3.63) is 64.9 Å². The number of nitrogens with zero attached hydrogens (tertiary/aromatic N) is 2. The Morgan fingerprint density at radius 3 is 2.35 bits per heavy atom. The van der Waals surface area contributed by atoms with Crippen molar-refractivity contribution in [2.75, 3.05) is 57.2 Å². The summed E-state index contributed by atoms with van der Waals surface area (Å²) in [6, 6.07) is 14.7. The number of benzene rings is 2. The number of phenols is 1. The van der Waals surface area contributed by atoms with Crippen LogP contribution in [0.4, 0.5) is 11.4 Å². The van der Waals surface area contributed by atoms with E-state index in [9.17, 15) is 5.11 Å². The van der Waals surface area contributed by atoms with Crippen LogP contribution in [0.15, 0.2) is 69.9 Å². The number of likely N-dealkylation sites (N-methyl/N-ethyl adjacent to an activating group) is 1. The number of halogens is 1. The Labute approximate surface area is 225 Å². The first-order valence-corrected chi connectivity index (χ1v) is 12.7. The van der Waals surface area contributed by atoms with Gasteiger partial charge >= 0.3 is 0 Å². The molecule has 0 aliphatic heterocycles. The molecule has 5 N–H and O–H groups in total. The Morgan fingerprint density at radius 1 is 0.946 bits per heavy atom. The van der Waals surface area contributed by atoms with Crippen LogP contribution in [-0.4, -0.2) is 63.5 Å². The van der Waals surface area contributed by atoms with Gasteiger partial charge in [-0.05, 0) is 63.2 Å². The number of nitrogens with one attached hydrogen (secondary N) is 4. The highest BCUT2D eigenvalue weighted by atomic mass is 35.5. The lowest BCUT2D eigenvalue weighted by Crippen LogP contribution is -2.35. The molecule has 0 amide bonds. The fourth-order valence-corrected chi connectivity index (χ4v) is 3.14. The zero-order chi connectivity index (χ0) is 26.9. The molecular weight excluding hydrogens is 492 g/mol. The van der Waals surface area contributed by atoms with Gasteiger partial charge in [0.2, 0.25) is 5.96 Å². The van der Waals surface area contributed by atoms with Gasteiger partial charge in [-0.1, -0.05) is 36.7 Å². The first kappa shape index (κ1) is 30.1. The first-order chi connectivity index (χ1) is 17.9. The van der Waals surface area contributed by atoms with E-state index < -0.39 is 0 Å². The van der Waals surface area contributed by atoms with Crippen molar-refractivity contribution in [3.8, 4) is 5.75 Å². The van der Waals surface area contributed by atoms with Gasteiger partial charge in [0.1, 0.15) is 11.6 Å². The molecule has 0 saturated heterocycles. The van der Waals surface area contributed by atoms with Crippen molar-refractivity contribution >= 4 is 34.8 Å². The Kier molecular flexibility index (Phi) is 14.1. The molecule has 9 nitrogen and oxygen atoms in total. The van der Waals surface area contributed by atoms with Crippen LogP contribution in [0.2, 0.25) is 5.02 Å². The predicted octanol–water partition coefficient (Wildman–Crippen LogP) is 4.83. The molecule has 10 heteroatoms. The topological polar surface area (TPSA) is 112 Å². The summed E-state index contributed by atoms with van der Waals surface area (Å²) in [6.07, 6.45) is 0.820. The van der Waals surface area contributed by atoms with E-state index in [4.69, 9.17) is 26.1 Å². The van der Waals surface area contributed by atoms with Crippen molar-refractivity contribution in [1.82, 2.24) is 10.6 Å². The van der Waals surface area contributed by atoms with Crippen molar-refractivity contribution in [2.45, 2.75) is 27.2 Å². The summed E-state index contributed by atoms with van der Waals surface area (Å²) in [5, 5.41) is 22.9. The fourth-order valence-electron chi connectivity index (χ4n) is 2.96. The Hall–Kier alpha value is -3.11. The summed E-state index contributed by atoms with van der Waals surface area (Å²) in [6.45, 7) is 9.51. The van der Waals surface area contributed by atoms with E-state index in [1.807, 2.05) is 51.2 Å². The SMILES string of the molecule is CC/C(C)=C(/N=C(\NC(C)=NCCOCCOCCNC)Nc1ccc(O)c(Cl)c1)Nc1ccccc1. The van der Waals surface area contributed by atoms with E-state index in [0.29, 0.717) is 56.3 Å². The molecule has 0 saturated carbocycles. The smallest absolute Gasteiger partial charge is 0.207 e. The maximum absolute atomic E-state index is 9.79. The normalized spacial score (nSPS) is 12.8. The van der Waals surface area contributed by atoms with Crippen LogP contribution in [0.5, 0.6) is 5.75 Å². The van der Waals surface area contributed by atoms with Gasteiger partial charge in [-0.3, -0.25) is 4.99 Å². The highest BCUT2D eigenvalue weighted by molar-refractivity contribution is 6.32. The summed E-state index contributed by atoms with van der Waals surface area (Å²) < 4.78 is 11.0. The molecule has 0 atom stereocenters. The number of phenolic OH excluding ortho intramolecular Hbond substituents is 1. The number of guanidine groups is 1. The number of hydrogen-bond donors (Lipinski definition) is 5. The van der Waals surface area contributed by atoms with Crippen LogP contribution in [0.3, 0.4) is 0 Å². The molecule has 0 heterocycles. The minimum Gasteiger partial charge on any atom is -0.506 e. The lowest BCUT2D eigenvalue weighted by Gasteiger charge is -2.16. The minimum absolute atomic E-state index is 0.0111. The number of hydrogen-bond acceptors (Lipinski definition) is 7. The first-order valence-electron chi connectivity index (χ1n) is 12.4. The lowest BCUT2D eigenvalue weighted by molar-refractivity contribution is 0.0524. The van der Waals surface area contributed by atoms with Gasteiger partial charge in [0.05, 0.1) is 43.8 Å². The van der Waals surface area contributed by atoms with Gasteiger partial charge in [-0.25, -0.2) is 0 Å². The molecule has 0 aliphatic rings. The highest BCUT2D eigenvalue weighted by Crippen LogP contribution is 2.26. The molecule has 0 fully saturated rings. The Bertz CT molecular complexity index is 1040. The number of amidine groups is 1. The van der Waals surface area contributed by atoms with E-state index in [-0.39, 0.29) is 10.8 Å². The third-order valence-electron chi connectivity index (χ3n) is 5.16. The summed E-state index contributed by atoms with van der Waals surface area (Å²) in [5.41, 5.74) is 2.67. The molecule has 0 radical (unpaired) electrons. The molecular formula is C27H39ClN6O3. The zero-order valence-electron chi connectivity index (χ0n) is 22.1. The van der Waals surface area contributed by atoms with E-state index in [2.05, 4.69) is 33.2 Å². The monoisotopic (exact) mass is 530 g/mol. The molecule has 0 spiro atoms. The largest absolute Gasteiger partial charge is 0.506 e. The molecule has 0 unspecified atom stereocenters. The van der Waals surface area contributed by atoms with Crippen LogP contribution in [0, 0.1) is 0 Å². The molecule has 202 valence electrons. The second kappa shape index (κ2) is 17.4. The van der Waals surface area contributed by atoms with E-state index >= 15 is 0 Å². The maximum Gasteiger partial charge on any atom is 0.207 e. The average molecular weight is 531 g/mol. The van der Waals surface area contributed by atoms with Crippen molar-refractivity contribution in [1.29, 1.82) is 0 Å². The van der Waals surface area contributed by atoms with Crippen LogP contribution in [0.25, 0.3) is 0 Å². The molecule has 2 aromatic rings. The van der Waals surface area contributed by atoms with Crippen LogP contribution in [0.1, 0.15) is 27.2 Å². The number of allylic oxidation sites excluding steroid dienone is 1. The molecule has 2 rings (SSSR count). The number of aliphatic imine (C=N–C) groups is 2. The van der Waals surface area contributed by atoms with Gasteiger partial charge in [0.15, 0.2) is 0 Å². The second-order valence-electron chi connectivity index (χ2n) is 8.15. The van der Waals surface area contributed by atoms with Crippen molar-refractivity contribution < 1.29 is 14.6 Å². The van der Waals surface area contributed by atoms with Crippen molar-refractivity contribution in [2.24, 2.45) is 9.98 Å². The maximum atomic E-state index is 9.79. The summed E-state index contributed by atoms with van der Waals surface area (Å²) in [7, 11) is 1.89. The minimum atomic E-state index is 0.0111. The third kappa shape index (κ3) is 12.1. The number of anilines is 2. The van der Waals surface area contributed by atoms with Gasteiger partial charge < -0.3 is 35.8 Å². The molecule has 0 bridgehead atoms. The number of ether oxygens (including phenoxy) is 2. The van der Waals surface area contributed by atoms with E-state index in [0.717, 1.165) is 24.2 Å². The summed E-state index contributed by atoms with van der Waals surface area (Å²) >= 11 is 6.11. The highest BCUT2D eigenvalue weighted by Gasteiger charge is 2.09. The van der Waals surface area contributed by atoms with Gasteiger partial charge in [0.25, 0.3) is 0 Å². The quantitative estimate of drug-likeness (QED) is 0.103. The summed E-state index contributed by atoms with van der Waals surface area (Å²) in [5.74, 6) is 1.84. The third-order valence-corrected chi connectivity index (χ3v) is 5.46. The number of rotatable bonds is 14. The van der Waals surface area contributed by atoms with Crippen LogP contribution < -0.4 is 21.3 Å². The fraction of sp³-hybridized carbons (Fsp3) is 0.407. The van der Waals surface area contributed by atoms with Gasteiger partial charge in [0, 0.05) is 17.9 Å². The van der Waals surface area contributed by atoms with Crippen molar-refractivity contribution in [3.63, 3.8) is 0 Å². The van der Waals surface area contributed by atoms with Crippen LogP contribution >= 0.6 is 11.6 Å². The van der Waals surface area contributed by atoms with Gasteiger partial charge in [-0.15, -0.1) is 0 Å². The molecule has 37 heavy (non-hydrogen) atoms. The predicted molar refractivity (Wildman–Crippen MR) is 154 cm³/mol. The Balaban J connectivity index is 2.12. The molecule has 2 aromatic carbocycles. The number of aromatic hydroxyl groups is 1. The summed E-state index contributed by atoms with van der Waals surface area (Å²) in [4.78, 5) is 9.39. The molecule has 0 aromatic heterocycles. The standard InChI is InChI=1S/C27H39ClN6O3/c1-5-20(2)26(32-22-9-7-6-8-10-22)34-27(33-23-11-12-25(35)24(28)19-23)31-21(3)30-14-16-37-18-17-36-15-13-29-4/h6-12,19,29,32,35H,5,13-18H2,1-4H3,(H2,30,31,33,34)/b26-20+. The number of para-hydroxylation sites is 1. The Morgan fingerprint density at radius 2 is 1.68 bits per heavy atom. The zero-order valence-corrected chi connectivity index (χ0v) is 22.9. The molecule has 0 aliphatic carbocycles. The lowest BCUT2D eigenvalue weighted by atomic mass is 10.2.